The van der Waals surface area contributed by atoms with Gasteiger partial charge in [0, 0.05) is 23.7 Å². The lowest BCUT2D eigenvalue weighted by Gasteiger charge is -2.57. The van der Waals surface area contributed by atoms with Crippen LogP contribution in [0.5, 0.6) is 5.75 Å². The number of amides is 1. The number of hydrogen-bond acceptors (Lipinski definition) is 3. The second-order valence-corrected chi connectivity index (χ2v) is 11.0. The summed E-state index contributed by atoms with van der Waals surface area (Å²) < 4.78 is 5.24. The van der Waals surface area contributed by atoms with E-state index in [9.17, 15) is 4.79 Å². The summed E-state index contributed by atoms with van der Waals surface area (Å²) in [6.07, 6.45) is 10.2. The number of piperidine rings is 1. The van der Waals surface area contributed by atoms with Crippen LogP contribution in [-0.4, -0.2) is 36.8 Å². The van der Waals surface area contributed by atoms with Gasteiger partial charge in [-0.15, -0.1) is 11.8 Å². The number of methoxy groups -OCH3 is 1. The summed E-state index contributed by atoms with van der Waals surface area (Å²) in [4.78, 5) is 17.1. The van der Waals surface area contributed by atoms with E-state index >= 15 is 0 Å². The number of benzene rings is 1. The van der Waals surface area contributed by atoms with E-state index in [0.29, 0.717) is 5.91 Å². The Balaban J connectivity index is 1.13. The number of nitrogens with zero attached hydrogens (tertiary/aromatic N) is 1. The lowest BCUT2D eigenvalue weighted by atomic mass is 9.49. The first-order chi connectivity index (χ1) is 13.6. The molecule has 28 heavy (non-hydrogen) atoms. The second-order valence-electron chi connectivity index (χ2n) is 9.92. The van der Waals surface area contributed by atoms with E-state index in [4.69, 9.17) is 4.74 Å². The highest BCUT2D eigenvalue weighted by Crippen LogP contribution is 2.60. The molecule has 5 aliphatic rings. The van der Waals surface area contributed by atoms with Crippen LogP contribution >= 0.6 is 11.8 Å². The van der Waals surface area contributed by atoms with Crippen molar-refractivity contribution >= 4 is 17.7 Å². The summed E-state index contributed by atoms with van der Waals surface area (Å²) in [5, 5.41) is 0. The molecule has 1 heterocycles. The first-order valence-corrected chi connectivity index (χ1v) is 12.2. The molecule has 6 rings (SSSR count). The minimum atomic E-state index is 0.0411. The van der Waals surface area contributed by atoms with Crippen molar-refractivity contribution in [1.29, 1.82) is 0 Å². The lowest BCUT2D eigenvalue weighted by Crippen LogP contribution is -2.55. The summed E-state index contributed by atoms with van der Waals surface area (Å²) in [7, 11) is 1.71. The summed E-state index contributed by atoms with van der Waals surface area (Å²) in [6, 6.07) is 8.37. The maximum atomic E-state index is 13.5. The monoisotopic (exact) mass is 399 g/mol. The van der Waals surface area contributed by atoms with E-state index in [2.05, 4.69) is 17.0 Å². The van der Waals surface area contributed by atoms with Gasteiger partial charge in [-0.3, -0.25) is 4.79 Å². The van der Waals surface area contributed by atoms with E-state index in [1.807, 2.05) is 23.9 Å². The molecule has 1 aliphatic heterocycles. The average Bonchev–Trinajstić information content (AvgIpc) is 2.71. The molecule has 5 fully saturated rings. The Labute approximate surface area is 173 Å². The fraction of sp³-hybridized carbons (Fsp3) is 0.708. The molecule has 4 heteroatoms. The highest BCUT2D eigenvalue weighted by Gasteiger charge is 2.55. The normalized spacial score (nSPS) is 34.6. The quantitative estimate of drug-likeness (QED) is 0.634. The van der Waals surface area contributed by atoms with Gasteiger partial charge in [-0.05, 0) is 99.3 Å². The number of rotatable bonds is 5. The van der Waals surface area contributed by atoms with E-state index in [1.165, 1.54) is 56.3 Å². The summed E-state index contributed by atoms with van der Waals surface area (Å²) in [6.45, 7) is 1.96. The van der Waals surface area contributed by atoms with Crippen molar-refractivity contribution in [3.05, 3.63) is 24.3 Å². The van der Waals surface area contributed by atoms with Crippen LogP contribution in [0.3, 0.4) is 0 Å². The van der Waals surface area contributed by atoms with Gasteiger partial charge in [0.15, 0.2) is 0 Å². The van der Waals surface area contributed by atoms with Crippen molar-refractivity contribution in [2.45, 2.75) is 56.3 Å². The minimum Gasteiger partial charge on any atom is -0.497 e. The fourth-order valence-corrected chi connectivity index (χ4v) is 7.99. The third-order valence-corrected chi connectivity index (χ3v) is 9.18. The molecule has 152 valence electrons. The zero-order valence-corrected chi connectivity index (χ0v) is 17.9. The number of hydrogen-bond donors (Lipinski definition) is 0. The first kappa shape index (κ1) is 18.8. The van der Waals surface area contributed by atoms with Crippen LogP contribution in [-0.2, 0) is 4.79 Å². The Morgan fingerprint density at radius 1 is 1.04 bits per heavy atom. The second kappa shape index (κ2) is 7.59. The maximum absolute atomic E-state index is 13.5. The van der Waals surface area contributed by atoms with Crippen molar-refractivity contribution in [2.24, 2.45) is 29.1 Å². The number of carbonyl (C=O) groups excluding carboxylic acids is 1. The number of carbonyl (C=O) groups is 1. The predicted molar refractivity (Wildman–Crippen MR) is 114 cm³/mol. The zero-order chi connectivity index (χ0) is 19.1. The summed E-state index contributed by atoms with van der Waals surface area (Å²) in [5.41, 5.74) is 0.0411. The Hall–Kier alpha value is -1.16. The van der Waals surface area contributed by atoms with Crippen LogP contribution in [0.15, 0.2) is 29.2 Å². The molecule has 1 aromatic rings. The van der Waals surface area contributed by atoms with Crippen molar-refractivity contribution in [3.63, 3.8) is 0 Å². The standard InChI is InChI=1S/C24H33NO2S/c1-27-21-2-4-22(5-3-21)28-16-17-6-8-25(9-7-17)23(26)24-13-18-10-19(14-24)12-20(11-18)15-24/h2-5,17-20H,6-16H2,1H3. The Morgan fingerprint density at radius 3 is 2.14 bits per heavy atom. The highest BCUT2D eigenvalue weighted by atomic mass is 32.2. The maximum Gasteiger partial charge on any atom is 0.228 e. The summed E-state index contributed by atoms with van der Waals surface area (Å²) in [5.74, 6) is 5.91. The Bertz CT molecular complexity index is 673. The van der Waals surface area contributed by atoms with Gasteiger partial charge in [0.05, 0.1) is 12.5 Å². The molecule has 1 aromatic carbocycles. The molecule has 0 spiro atoms. The summed E-state index contributed by atoms with van der Waals surface area (Å²) >= 11 is 1.94. The van der Waals surface area contributed by atoms with E-state index in [1.54, 1.807) is 7.11 Å². The van der Waals surface area contributed by atoms with Crippen molar-refractivity contribution in [3.8, 4) is 5.75 Å². The lowest BCUT2D eigenvalue weighted by molar-refractivity contribution is -0.159. The minimum absolute atomic E-state index is 0.0411. The van der Waals surface area contributed by atoms with Gasteiger partial charge in [-0.25, -0.2) is 0 Å². The van der Waals surface area contributed by atoms with Crippen molar-refractivity contribution < 1.29 is 9.53 Å². The fourth-order valence-electron chi connectivity index (χ4n) is 6.90. The molecule has 4 saturated carbocycles. The van der Waals surface area contributed by atoms with E-state index < -0.39 is 0 Å². The van der Waals surface area contributed by atoms with Crippen molar-refractivity contribution in [1.82, 2.24) is 4.90 Å². The Kier molecular flexibility index (Phi) is 5.11. The van der Waals surface area contributed by atoms with Gasteiger partial charge in [0.25, 0.3) is 0 Å². The van der Waals surface area contributed by atoms with Crippen LogP contribution in [0.2, 0.25) is 0 Å². The van der Waals surface area contributed by atoms with Gasteiger partial charge < -0.3 is 9.64 Å². The van der Waals surface area contributed by atoms with Gasteiger partial charge >= 0.3 is 0 Å². The number of ether oxygens (including phenoxy) is 1. The molecular weight excluding hydrogens is 366 g/mol. The Morgan fingerprint density at radius 2 is 1.61 bits per heavy atom. The largest absolute Gasteiger partial charge is 0.497 e. The third-order valence-electron chi connectivity index (χ3n) is 7.94. The van der Waals surface area contributed by atoms with Crippen LogP contribution < -0.4 is 4.74 Å². The molecule has 3 nitrogen and oxygen atoms in total. The van der Waals surface area contributed by atoms with Gasteiger partial charge in [0.2, 0.25) is 5.91 Å². The van der Waals surface area contributed by atoms with Gasteiger partial charge in [-0.1, -0.05) is 0 Å². The first-order valence-electron chi connectivity index (χ1n) is 11.2. The van der Waals surface area contributed by atoms with E-state index in [0.717, 1.165) is 48.3 Å². The van der Waals surface area contributed by atoms with Crippen LogP contribution in [0.4, 0.5) is 0 Å². The average molecular weight is 400 g/mol. The van der Waals surface area contributed by atoms with Crippen molar-refractivity contribution in [2.75, 3.05) is 26.0 Å². The molecule has 0 N–H and O–H groups in total. The smallest absolute Gasteiger partial charge is 0.228 e. The molecular formula is C24H33NO2S. The van der Waals surface area contributed by atoms with Crippen LogP contribution in [0, 0.1) is 29.1 Å². The molecule has 0 atom stereocenters. The SMILES string of the molecule is COc1ccc(SCC2CCN(C(=O)C34CC5CC(CC(C5)C3)C4)CC2)cc1. The molecule has 1 amide bonds. The van der Waals surface area contributed by atoms with Crippen LogP contribution in [0.25, 0.3) is 0 Å². The third kappa shape index (κ3) is 3.58. The highest BCUT2D eigenvalue weighted by molar-refractivity contribution is 7.99. The molecule has 1 saturated heterocycles. The molecule has 0 unspecified atom stereocenters. The predicted octanol–water partition coefficient (Wildman–Crippen LogP) is 5.24. The van der Waals surface area contributed by atoms with E-state index in [-0.39, 0.29) is 5.41 Å². The zero-order valence-electron chi connectivity index (χ0n) is 17.1. The topological polar surface area (TPSA) is 29.5 Å². The number of thioether (sulfide) groups is 1. The molecule has 4 aliphatic carbocycles. The molecule has 0 aromatic heterocycles. The van der Waals surface area contributed by atoms with Gasteiger partial charge in [-0.2, -0.15) is 0 Å². The number of likely N-dealkylation sites (tertiary alicyclic amines) is 1. The van der Waals surface area contributed by atoms with Gasteiger partial charge in [0.1, 0.15) is 5.75 Å². The van der Waals surface area contributed by atoms with Crippen LogP contribution in [0.1, 0.15) is 51.4 Å². The molecule has 0 radical (unpaired) electrons. The molecule has 4 bridgehead atoms.